The number of carbonyl (C=O) groups is 1. The lowest BCUT2D eigenvalue weighted by molar-refractivity contribution is 0.0697. The second-order valence-electron chi connectivity index (χ2n) is 3.70. The smallest absolute Gasteiger partial charge is 0.335 e. The molecule has 0 fully saturated rings. The molecule has 4 nitrogen and oxygen atoms in total. The van der Waals surface area contributed by atoms with E-state index in [1.54, 1.807) is 24.3 Å². The van der Waals surface area contributed by atoms with E-state index >= 15 is 0 Å². The number of hydrogen-bond donors (Lipinski definition) is 1. The van der Waals surface area contributed by atoms with Gasteiger partial charge in [0.2, 0.25) is 0 Å². The van der Waals surface area contributed by atoms with E-state index in [4.69, 9.17) is 9.84 Å². The number of aromatic carboxylic acids is 1. The fourth-order valence-electron chi connectivity index (χ4n) is 1.53. The van der Waals surface area contributed by atoms with Crippen molar-refractivity contribution in [3.8, 4) is 5.75 Å². The van der Waals surface area contributed by atoms with Crippen molar-refractivity contribution in [2.24, 2.45) is 0 Å². The monoisotopic (exact) mass is 273 g/mol. The van der Waals surface area contributed by atoms with E-state index in [0.29, 0.717) is 12.4 Å². The summed E-state index contributed by atoms with van der Waals surface area (Å²) in [6.07, 6.45) is 0. The molecule has 1 aromatic rings. The molecule has 0 aliphatic heterocycles. The molecule has 0 heterocycles. The van der Waals surface area contributed by atoms with Crippen molar-refractivity contribution in [1.82, 2.24) is 4.90 Å². The third-order valence-corrected chi connectivity index (χ3v) is 2.67. The van der Waals surface area contributed by atoms with E-state index in [2.05, 4.69) is 18.7 Å². The largest absolute Gasteiger partial charge is 0.492 e. The third-order valence-electron chi connectivity index (χ3n) is 2.67. The SMILES string of the molecule is CCN(CC)CCOc1ccc(C(=O)O)cc1.Cl. The highest BCUT2D eigenvalue weighted by Gasteiger charge is 2.03. The van der Waals surface area contributed by atoms with Crippen molar-refractivity contribution < 1.29 is 14.6 Å². The van der Waals surface area contributed by atoms with Gasteiger partial charge < -0.3 is 14.7 Å². The first-order valence-electron chi connectivity index (χ1n) is 5.85. The van der Waals surface area contributed by atoms with Crippen LogP contribution in [0.4, 0.5) is 0 Å². The second kappa shape index (κ2) is 8.78. The first-order chi connectivity index (χ1) is 8.17. The minimum atomic E-state index is -0.917. The number of halogens is 1. The Hall–Kier alpha value is -1.26. The molecule has 0 aliphatic carbocycles. The van der Waals surface area contributed by atoms with Crippen LogP contribution in [0.3, 0.4) is 0 Å². The van der Waals surface area contributed by atoms with Gasteiger partial charge in [0.05, 0.1) is 5.56 Å². The van der Waals surface area contributed by atoms with Gasteiger partial charge in [-0.1, -0.05) is 13.8 Å². The zero-order valence-electron chi connectivity index (χ0n) is 10.8. The van der Waals surface area contributed by atoms with Crippen LogP contribution in [-0.2, 0) is 0 Å². The zero-order valence-corrected chi connectivity index (χ0v) is 11.6. The van der Waals surface area contributed by atoms with Gasteiger partial charge in [0.25, 0.3) is 0 Å². The van der Waals surface area contributed by atoms with Gasteiger partial charge >= 0.3 is 5.97 Å². The van der Waals surface area contributed by atoms with E-state index in [-0.39, 0.29) is 18.0 Å². The summed E-state index contributed by atoms with van der Waals surface area (Å²) in [4.78, 5) is 12.9. The molecule has 0 unspecified atom stereocenters. The maximum atomic E-state index is 10.6. The Morgan fingerprint density at radius 2 is 1.78 bits per heavy atom. The standard InChI is InChI=1S/C13H19NO3.ClH/c1-3-14(4-2)9-10-17-12-7-5-11(6-8-12)13(15)16;/h5-8H,3-4,9-10H2,1-2H3,(H,15,16);1H. The van der Waals surface area contributed by atoms with Gasteiger partial charge in [0.1, 0.15) is 12.4 Å². The lowest BCUT2D eigenvalue weighted by Gasteiger charge is -2.17. The average molecular weight is 274 g/mol. The van der Waals surface area contributed by atoms with Crippen LogP contribution in [0.1, 0.15) is 24.2 Å². The maximum Gasteiger partial charge on any atom is 0.335 e. The topological polar surface area (TPSA) is 49.8 Å². The summed E-state index contributed by atoms with van der Waals surface area (Å²) in [5.41, 5.74) is 0.279. The molecule has 1 N–H and O–H groups in total. The van der Waals surface area contributed by atoms with E-state index in [0.717, 1.165) is 19.6 Å². The summed E-state index contributed by atoms with van der Waals surface area (Å²) < 4.78 is 5.54. The van der Waals surface area contributed by atoms with Gasteiger partial charge in [-0.25, -0.2) is 4.79 Å². The van der Waals surface area contributed by atoms with Gasteiger partial charge in [-0.15, -0.1) is 12.4 Å². The third kappa shape index (κ3) is 5.38. The number of benzene rings is 1. The van der Waals surface area contributed by atoms with Crippen LogP contribution in [-0.4, -0.2) is 42.2 Å². The Balaban J connectivity index is 0.00000289. The molecule has 102 valence electrons. The van der Waals surface area contributed by atoms with Gasteiger partial charge in [0, 0.05) is 6.54 Å². The van der Waals surface area contributed by atoms with Crippen LogP contribution < -0.4 is 4.74 Å². The first-order valence-corrected chi connectivity index (χ1v) is 5.85. The van der Waals surface area contributed by atoms with Gasteiger partial charge in [-0.05, 0) is 37.4 Å². The molecule has 0 radical (unpaired) electrons. The van der Waals surface area contributed by atoms with Crippen molar-refractivity contribution in [3.63, 3.8) is 0 Å². The summed E-state index contributed by atoms with van der Waals surface area (Å²) >= 11 is 0. The minimum absolute atomic E-state index is 0. The number of rotatable bonds is 7. The highest BCUT2D eigenvalue weighted by Crippen LogP contribution is 2.12. The molecule has 0 saturated carbocycles. The van der Waals surface area contributed by atoms with Crippen molar-refractivity contribution >= 4 is 18.4 Å². The molecule has 0 amide bonds. The summed E-state index contributed by atoms with van der Waals surface area (Å²) in [5, 5.41) is 8.74. The number of nitrogens with zero attached hydrogens (tertiary/aromatic N) is 1. The molecule has 0 saturated heterocycles. The molecule has 1 rings (SSSR count). The van der Waals surface area contributed by atoms with Gasteiger partial charge in [0.15, 0.2) is 0 Å². The van der Waals surface area contributed by atoms with Gasteiger partial charge in [-0.2, -0.15) is 0 Å². The quantitative estimate of drug-likeness (QED) is 0.829. The maximum absolute atomic E-state index is 10.6. The fraction of sp³-hybridized carbons (Fsp3) is 0.462. The molecule has 18 heavy (non-hydrogen) atoms. The average Bonchev–Trinajstić information content (AvgIpc) is 2.35. The molecule has 0 atom stereocenters. The Labute approximate surface area is 114 Å². The second-order valence-corrected chi connectivity index (χ2v) is 3.70. The lowest BCUT2D eigenvalue weighted by Crippen LogP contribution is -2.27. The Morgan fingerprint density at radius 1 is 1.22 bits per heavy atom. The predicted octanol–water partition coefficient (Wildman–Crippen LogP) is 2.53. The van der Waals surface area contributed by atoms with Crippen molar-refractivity contribution in [3.05, 3.63) is 29.8 Å². The van der Waals surface area contributed by atoms with Crippen LogP contribution in [0.2, 0.25) is 0 Å². The highest BCUT2D eigenvalue weighted by molar-refractivity contribution is 5.87. The van der Waals surface area contributed by atoms with Crippen LogP contribution in [0.15, 0.2) is 24.3 Å². The van der Waals surface area contributed by atoms with Gasteiger partial charge in [-0.3, -0.25) is 0 Å². The zero-order chi connectivity index (χ0) is 12.7. The molecule has 0 bridgehead atoms. The van der Waals surface area contributed by atoms with Crippen LogP contribution in [0, 0.1) is 0 Å². The normalized spacial score (nSPS) is 9.94. The Kier molecular flexibility index (Phi) is 8.16. The van der Waals surface area contributed by atoms with Crippen LogP contribution in [0.5, 0.6) is 5.75 Å². The predicted molar refractivity (Wildman–Crippen MR) is 73.9 cm³/mol. The lowest BCUT2D eigenvalue weighted by atomic mass is 10.2. The molecular weight excluding hydrogens is 254 g/mol. The molecule has 0 aromatic heterocycles. The minimum Gasteiger partial charge on any atom is -0.492 e. The number of likely N-dealkylation sites (N-methyl/N-ethyl adjacent to an activating group) is 1. The number of carboxylic acid groups (broad SMARTS) is 1. The summed E-state index contributed by atoms with van der Waals surface area (Å²) in [5.74, 6) is -0.207. The molecule has 1 aromatic carbocycles. The van der Waals surface area contributed by atoms with E-state index in [1.165, 1.54) is 0 Å². The number of ether oxygens (including phenoxy) is 1. The summed E-state index contributed by atoms with van der Waals surface area (Å²) in [7, 11) is 0. The number of carboxylic acids is 1. The van der Waals surface area contributed by atoms with Crippen molar-refractivity contribution in [1.29, 1.82) is 0 Å². The first kappa shape index (κ1) is 16.7. The summed E-state index contributed by atoms with van der Waals surface area (Å²) in [6.45, 7) is 7.76. The van der Waals surface area contributed by atoms with Crippen molar-refractivity contribution in [2.45, 2.75) is 13.8 Å². The molecular formula is C13H20ClNO3. The van der Waals surface area contributed by atoms with E-state index < -0.39 is 5.97 Å². The Morgan fingerprint density at radius 3 is 2.22 bits per heavy atom. The van der Waals surface area contributed by atoms with Crippen LogP contribution >= 0.6 is 12.4 Å². The summed E-state index contributed by atoms with van der Waals surface area (Å²) in [6, 6.07) is 6.47. The molecule has 5 heteroatoms. The van der Waals surface area contributed by atoms with E-state index in [9.17, 15) is 4.79 Å². The van der Waals surface area contributed by atoms with E-state index in [1.807, 2.05) is 0 Å². The molecule has 0 aliphatic rings. The number of hydrogen-bond acceptors (Lipinski definition) is 3. The fourth-order valence-corrected chi connectivity index (χ4v) is 1.53. The molecule has 0 spiro atoms. The Bertz CT molecular complexity index is 350. The van der Waals surface area contributed by atoms with Crippen molar-refractivity contribution in [2.75, 3.05) is 26.2 Å². The highest BCUT2D eigenvalue weighted by atomic mass is 35.5. The van der Waals surface area contributed by atoms with Crippen LogP contribution in [0.25, 0.3) is 0 Å².